The number of ether oxygens (including phenoxy) is 1. The van der Waals surface area contributed by atoms with Crippen LogP contribution in [0.15, 0.2) is 66.7 Å². The number of rotatable bonds is 2. The molecule has 0 N–H and O–H groups in total. The van der Waals surface area contributed by atoms with Crippen LogP contribution in [0.4, 0.5) is 0 Å². The fraction of sp³-hybridized carbons (Fsp3) is 0.0500. The van der Waals surface area contributed by atoms with Crippen molar-refractivity contribution in [2.75, 3.05) is 7.11 Å². The van der Waals surface area contributed by atoms with Crippen molar-refractivity contribution in [2.24, 2.45) is 0 Å². The van der Waals surface area contributed by atoms with Gasteiger partial charge in [0.15, 0.2) is 0 Å². The molecule has 0 fully saturated rings. The molecule has 128 valence electrons. The van der Waals surface area contributed by atoms with E-state index in [0.29, 0.717) is 0 Å². The minimum Gasteiger partial charge on any atom is -0.509 e. The first-order valence-corrected chi connectivity index (χ1v) is 7.57. The van der Waals surface area contributed by atoms with Gasteiger partial charge in [-0.3, -0.25) is 0 Å². The normalized spacial score (nSPS) is 9.84. The van der Waals surface area contributed by atoms with Gasteiger partial charge in [0, 0.05) is 26.7 Å². The van der Waals surface area contributed by atoms with E-state index in [0.717, 1.165) is 21.7 Å². The van der Waals surface area contributed by atoms with Gasteiger partial charge in [-0.1, -0.05) is 59.1 Å². The van der Waals surface area contributed by atoms with E-state index in [2.05, 4.69) is 42.5 Å². The Kier molecular flexibility index (Phi) is 7.93. The molecule has 2 aliphatic carbocycles. The number of hydrogen-bond donors (Lipinski definition) is 0. The SMILES string of the molecule is COc1cc[c-](-c2ccccc2)c2cc3cc(Cl)ccc3c1-2.Cl.Cl.[Ti]. The summed E-state index contributed by atoms with van der Waals surface area (Å²) in [4.78, 5) is 0. The predicted molar refractivity (Wildman–Crippen MR) is 108 cm³/mol. The maximum Gasteiger partial charge on any atom is 0.0759 e. The molecule has 0 spiro atoms. The van der Waals surface area contributed by atoms with Crippen molar-refractivity contribution in [3.05, 3.63) is 71.8 Å². The van der Waals surface area contributed by atoms with Crippen LogP contribution < -0.4 is 4.74 Å². The third-order valence-electron chi connectivity index (χ3n) is 4.09. The van der Waals surface area contributed by atoms with E-state index >= 15 is 0 Å². The standard InChI is InChI=1S/C20H14ClO.2ClH.Ti/c1-22-19-10-9-16(13-5-3-2-4-6-13)18-12-14-11-15(21)7-8-17(14)20(18)19;;;/h2-12H,1H3;2*1H;/q-1;;;. The molecule has 0 bridgehead atoms. The molecule has 4 rings (SSSR count). The number of methoxy groups -OCH3 is 1. The van der Waals surface area contributed by atoms with Crippen LogP contribution in [0.3, 0.4) is 0 Å². The third kappa shape index (κ3) is 3.87. The second kappa shape index (κ2) is 9.03. The molecule has 0 atom stereocenters. The van der Waals surface area contributed by atoms with Crippen LogP contribution in [0.25, 0.3) is 33.0 Å². The van der Waals surface area contributed by atoms with Gasteiger partial charge in [0.05, 0.1) is 12.9 Å². The molecule has 2 aromatic carbocycles. The van der Waals surface area contributed by atoms with Gasteiger partial charge in [0.25, 0.3) is 0 Å². The van der Waals surface area contributed by atoms with Crippen molar-refractivity contribution < 1.29 is 26.5 Å². The van der Waals surface area contributed by atoms with E-state index < -0.39 is 0 Å². The van der Waals surface area contributed by atoms with E-state index in [9.17, 15) is 0 Å². The molecule has 0 unspecified atom stereocenters. The van der Waals surface area contributed by atoms with Crippen molar-refractivity contribution in [3.8, 4) is 28.0 Å². The second-order valence-electron chi connectivity index (χ2n) is 5.35. The van der Waals surface area contributed by atoms with Gasteiger partial charge in [0.2, 0.25) is 0 Å². The summed E-state index contributed by atoms with van der Waals surface area (Å²) >= 11 is 6.15. The molecule has 1 nitrogen and oxygen atoms in total. The monoisotopic (exact) mass is 425 g/mol. The summed E-state index contributed by atoms with van der Waals surface area (Å²) in [7, 11) is 1.71. The Morgan fingerprint density at radius 1 is 0.920 bits per heavy atom. The quantitative estimate of drug-likeness (QED) is 0.252. The summed E-state index contributed by atoms with van der Waals surface area (Å²) in [5.74, 6) is 0.895. The molecule has 0 aromatic heterocycles. The molecular weight excluding hydrogens is 410 g/mol. The van der Waals surface area contributed by atoms with Gasteiger partial charge in [-0.15, -0.1) is 48.6 Å². The summed E-state index contributed by atoms with van der Waals surface area (Å²) in [6.45, 7) is 0. The third-order valence-corrected chi connectivity index (χ3v) is 4.33. The molecule has 0 radical (unpaired) electrons. The van der Waals surface area contributed by atoms with Crippen LogP contribution in [0.1, 0.15) is 0 Å². The van der Waals surface area contributed by atoms with Crippen molar-refractivity contribution in [3.63, 3.8) is 0 Å². The number of halogens is 3. The van der Waals surface area contributed by atoms with Gasteiger partial charge in [-0.05, 0) is 28.5 Å². The first-order chi connectivity index (χ1) is 10.8. The zero-order chi connectivity index (χ0) is 15.1. The zero-order valence-electron chi connectivity index (χ0n) is 13.5. The Morgan fingerprint density at radius 2 is 1.64 bits per heavy atom. The Bertz CT molecular complexity index is 935. The Morgan fingerprint density at radius 3 is 2.32 bits per heavy atom. The summed E-state index contributed by atoms with van der Waals surface area (Å²) in [6.07, 6.45) is 0. The Labute approximate surface area is 179 Å². The van der Waals surface area contributed by atoms with Crippen molar-refractivity contribution >= 4 is 47.2 Å². The molecule has 0 amide bonds. The van der Waals surface area contributed by atoms with E-state index in [1.54, 1.807) is 7.11 Å². The first-order valence-electron chi connectivity index (χ1n) is 7.19. The maximum absolute atomic E-state index is 6.15. The van der Waals surface area contributed by atoms with Gasteiger partial charge in [-0.25, -0.2) is 0 Å². The molecule has 0 saturated heterocycles. The van der Waals surface area contributed by atoms with Crippen molar-refractivity contribution in [1.82, 2.24) is 0 Å². The van der Waals surface area contributed by atoms with Crippen LogP contribution >= 0.6 is 36.4 Å². The van der Waals surface area contributed by atoms with Gasteiger partial charge < -0.3 is 4.74 Å². The topological polar surface area (TPSA) is 9.23 Å². The predicted octanol–water partition coefficient (Wildman–Crippen LogP) is 6.83. The van der Waals surface area contributed by atoms with Gasteiger partial charge >= 0.3 is 0 Å². The van der Waals surface area contributed by atoms with Crippen molar-refractivity contribution in [2.45, 2.75) is 0 Å². The van der Waals surface area contributed by atoms with Gasteiger partial charge in [-0.2, -0.15) is 0 Å². The molecule has 5 heteroatoms. The van der Waals surface area contributed by atoms with Crippen LogP contribution in [-0.2, 0) is 21.7 Å². The number of benzene rings is 3. The molecule has 0 saturated carbocycles. The fourth-order valence-corrected chi connectivity index (χ4v) is 3.28. The number of fused-ring (bicyclic) bond motifs is 3. The summed E-state index contributed by atoms with van der Waals surface area (Å²) < 4.78 is 5.58. The molecule has 2 aliphatic rings. The molecule has 25 heavy (non-hydrogen) atoms. The molecule has 0 aliphatic heterocycles. The minimum atomic E-state index is 0. The Hall–Kier alpha value is -1.09. The summed E-state index contributed by atoms with van der Waals surface area (Å²) in [5.41, 5.74) is 4.76. The largest absolute Gasteiger partial charge is 0.509 e. The summed E-state index contributed by atoms with van der Waals surface area (Å²) in [6, 6.07) is 22.8. The molecule has 0 heterocycles. The number of hydrogen-bond acceptors (Lipinski definition) is 1. The second-order valence-corrected chi connectivity index (χ2v) is 5.78. The fourth-order valence-electron chi connectivity index (χ4n) is 3.10. The van der Waals surface area contributed by atoms with Crippen LogP contribution in [-0.4, -0.2) is 7.11 Å². The minimum absolute atomic E-state index is 0. The van der Waals surface area contributed by atoms with Crippen LogP contribution in [0, 0.1) is 0 Å². The average molecular weight is 427 g/mol. The first kappa shape index (κ1) is 22.0. The van der Waals surface area contributed by atoms with Gasteiger partial charge in [0.1, 0.15) is 0 Å². The average Bonchev–Trinajstić information content (AvgIpc) is 2.93. The molecular formula is C20H16Cl3OTi-. The van der Waals surface area contributed by atoms with E-state index in [1.807, 2.05) is 24.3 Å². The van der Waals surface area contributed by atoms with E-state index in [1.165, 1.54) is 22.1 Å². The Balaban J connectivity index is 0.00000104. The van der Waals surface area contributed by atoms with Crippen LogP contribution in [0.5, 0.6) is 5.75 Å². The smallest absolute Gasteiger partial charge is 0.0759 e. The zero-order valence-corrected chi connectivity index (χ0v) is 17.4. The van der Waals surface area contributed by atoms with Crippen LogP contribution in [0.2, 0.25) is 5.02 Å². The van der Waals surface area contributed by atoms with E-state index in [-0.39, 0.29) is 46.5 Å². The van der Waals surface area contributed by atoms with E-state index in [4.69, 9.17) is 16.3 Å². The summed E-state index contributed by atoms with van der Waals surface area (Å²) in [5, 5.41) is 3.07. The maximum atomic E-state index is 6.15. The molecule has 2 aromatic rings. The van der Waals surface area contributed by atoms with Crippen molar-refractivity contribution in [1.29, 1.82) is 0 Å².